The molecular weight excluding hydrogens is 276 g/mol. The molecule has 3 N–H and O–H groups in total. The van der Waals surface area contributed by atoms with Crippen LogP contribution >= 0.6 is 0 Å². The Morgan fingerprint density at radius 1 is 1.19 bits per heavy atom. The van der Waals surface area contributed by atoms with Crippen molar-refractivity contribution >= 4 is 17.9 Å². The third-order valence-electron chi connectivity index (χ3n) is 2.36. The van der Waals surface area contributed by atoms with E-state index in [1.54, 1.807) is 0 Å². The molecule has 0 spiro atoms. The summed E-state index contributed by atoms with van der Waals surface area (Å²) in [6, 6.07) is 4.76. The van der Waals surface area contributed by atoms with Crippen LogP contribution in [0, 0.1) is 5.92 Å². The number of phenols is 1. The second kappa shape index (κ2) is 7.88. The zero-order chi connectivity index (χ0) is 15.8. The molecule has 0 radical (unpaired) electrons. The molecule has 7 nitrogen and oxygen atoms in total. The third kappa shape index (κ3) is 6.42. The van der Waals surface area contributed by atoms with E-state index in [2.05, 4.69) is 5.32 Å². The number of carbonyl (C=O) groups is 3. The number of benzene rings is 1. The smallest absolute Gasteiger partial charge is 0.338 e. The van der Waals surface area contributed by atoms with E-state index in [9.17, 15) is 14.4 Å². The maximum atomic E-state index is 11.6. The van der Waals surface area contributed by atoms with Gasteiger partial charge in [0.2, 0.25) is 0 Å². The van der Waals surface area contributed by atoms with Crippen LogP contribution in [0.5, 0.6) is 5.75 Å². The molecule has 0 atom stereocenters. The van der Waals surface area contributed by atoms with Crippen molar-refractivity contribution in [2.45, 2.75) is 13.8 Å². The Bertz CT molecular complexity index is 511. The summed E-state index contributed by atoms with van der Waals surface area (Å²) in [5.74, 6) is -1.15. The van der Waals surface area contributed by atoms with Gasteiger partial charge in [0.15, 0.2) is 6.61 Å². The molecule has 1 rings (SSSR count). The molecule has 0 aromatic heterocycles. The maximum Gasteiger partial charge on any atom is 0.338 e. The van der Waals surface area contributed by atoms with E-state index in [0.29, 0.717) is 6.54 Å². The number of aromatic hydroxyl groups is 1. The number of hydrogen-bond acceptors (Lipinski definition) is 5. The standard InChI is InChI=1S/C14H18N2O5/c1-9(2)7-15-14(20)16-12(18)8-21-13(19)10-3-5-11(17)6-4-10/h3-6,9,17H,7-8H2,1-2H3,(H2,15,16,18,20). The van der Waals surface area contributed by atoms with Crippen LogP contribution in [-0.2, 0) is 9.53 Å². The van der Waals surface area contributed by atoms with Gasteiger partial charge in [-0.25, -0.2) is 9.59 Å². The lowest BCUT2D eigenvalue weighted by molar-refractivity contribution is -0.123. The average Bonchev–Trinajstić information content (AvgIpc) is 2.43. The quantitative estimate of drug-likeness (QED) is 0.703. The minimum absolute atomic E-state index is 0.0196. The first-order valence-corrected chi connectivity index (χ1v) is 6.42. The average molecular weight is 294 g/mol. The molecule has 0 aliphatic carbocycles. The highest BCUT2D eigenvalue weighted by Gasteiger charge is 2.12. The molecule has 0 unspecified atom stereocenters. The highest BCUT2D eigenvalue weighted by atomic mass is 16.5. The van der Waals surface area contributed by atoms with Crippen LogP contribution in [0.3, 0.4) is 0 Å². The molecule has 0 bridgehead atoms. The lowest BCUT2D eigenvalue weighted by Gasteiger charge is -2.09. The van der Waals surface area contributed by atoms with Crippen molar-refractivity contribution in [3.63, 3.8) is 0 Å². The number of esters is 1. The Balaban J connectivity index is 2.34. The van der Waals surface area contributed by atoms with Crippen LogP contribution in [0.25, 0.3) is 0 Å². The Morgan fingerprint density at radius 2 is 1.81 bits per heavy atom. The van der Waals surface area contributed by atoms with E-state index >= 15 is 0 Å². The number of imide groups is 1. The predicted octanol–water partition coefficient (Wildman–Crippen LogP) is 1.03. The second-order valence-corrected chi connectivity index (χ2v) is 4.78. The highest BCUT2D eigenvalue weighted by molar-refractivity contribution is 5.97. The van der Waals surface area contributed by atoms with Gasteiger partial charge in [0.1, 0.15) is 5.75 Å². The fourth-order valence-electron chi connectivity index (χ4n) is 1.32. The first kappa shape index (κ1) is 16.5. The molecule has 3 amide bonds. The third-order valence-corrected chi connectivity index (χ3v) is 2.36. The number of urea groups is 1. The van der Waals surface area contributed by atoms with Gasteiger partial charge in [-0.2, -0.15) is 0 Å². The summed E-state index contributed by atoms with van der Waals surface area (Å²) in [7, 11) is 0. The van der Waals surface area contributed by atoms with Gasteiger partial charge in [0.25, 0.3) is 5.91 Å². The summed E-state index contributed by atoms with van der Waals surface area (Å²) >= 11 is 0. The van der Waals surface area contributed by atoms with Gasteiger partial charge in [-0.3, -0.25) is 10.1 Å². The van der Waals surface area contributed by atoms with Gasteiger partial charge in [0.05, 0.1) is 5.56 Å². The van der Waals surface area contributed by atoms with Crippen LogP contribution in [0.15, 0.2) is 24.3 Å². The first-order chi connectivity index (χ1) is 9.88. The maximum absolute atomic E-state index is 11.6. The summed E-state index contributed by atoms with van der Waals surface area (Å²) in [5.41, 5.74) is 0.199. The summed E-state index contributed by atoms with van der Waals surface area (Å²) in [4.78, 5) is 34.3. The summed E-state index contributed by atoms with van der Waals surface area (Å²) in [6.07, 6.45) is 0. The van der Waals surface area contributed by atoms with Gasteiger partial charge in [-0.1, -0.05) is 13.8 Å². The van der Waals surface area contributed by atoms with Crippen LogP contribution in [-0.4, -0.2) is 36.2 Å². The van der Waals surface area contributed by atoms with Gasteiger partial charge >= 0.3 is 12.0 Å². The molecule has 1 aromatic carbocycles. The fraction of sp³-hybridized carbons (Fsp3) is 0.357. The molecule has 21 heavy (non-hydrogen) atoms. The Morgan fingerprint density at radius 3 is 2.38 bits per heavy atom. The van der Waals surface area contributed by atoms with Crippen molar-refractivity contribution in [2.75, 3.05) is 13.2 Å². The number of hydrogen-bond donors (Lipinski definition) is 3. The van der Waals surface area contributed by atoms with Crippen LogP contribution in [0.4, 0.5) is 4.79 Å². The van der Waals surface area contributed by atoms with Gasteiger partial charge in [0, 0.05) is 6.54 Å². The number of rotatable bonds is 5. The van der Waals surface area contributed by atoms with Crippen molar-refractivity contribution in [3.8, 4) is 5.75 Å². The van der Waals surface area contributed by atoms with E-state index in [4.69, 9.17) is 9.84 Å². The second-order valence-electron chi connectivity index (χ2n) is 4.78. The lowest BCUT2D eigenvalue weighted by atomic mass is 10.2. The summed E-state index contributed by atoms with van der Waals surface area (Å²) in [6.45, 7) is 3.71. The number of carbonyl (C=O) groups excluding carboxylic acids is 3. The monoisotopic (exact) mass is 294 g/mol. The Kier molecular flexibility index (Phi) is 6.19. The van der Waals surface area contributed by atoms with E-state index in [1.807, 2.05) is 19.2 Å². The van der Waals surface area contributed by atoms with E-state index in [-0.39, 0.29) is 17.2 Å². The van der Waals surface area contributed by atoms with E-state index < -0.39 is 24.5 Å². The highest BCUT2D eigenvalue weighted by Crippen LogP contribution is 2.10. The lowest BCUT2D eigenvalue weighted by Crippen LogP contribution is -2.42. The van der Waals surface area contributed by atoms with Gasteiger partial charge in [-0.15, -0.1) is 0 Å². The number of amides is 3. The zero-order valence-electron chi connectivity index (χ0n) is 11.9. The fourth-order valence-corrected chi connectivity index (χ4v) is 1.32. The largest absolute Gasteiger partial charge is 0.508 e. The summed E-state index contributed by atoms with van der Waals surface area (Å²) < 4.78 is 4.74. The van der Waals surface area contributed by atoms with Crippen molar-refractivity contribution in [3.05, 3.63) is 29.8 Å². The molecule has 0 heterocycles. The normalized spacial score (nSPS) is 10.0. The number of phenolic OH excluding ortho intramolecular Hbond substituents is 1. The minimum Gasteiger partial charge on any atom is -0.508 e. The first-order valence-electron chi connectivity index (χ1n) is 6.42. The molecule has 7 heteroatoms. The van der Waals surface area contributed by atoms with Crippen LogP contribution in [0.2, 0.25) is 0 Å². The van der Waals surface area contributed by atoms with Crippen LogP contribution < -0.4 is 10.6 Å². The Hall–Kier alpha value is -2.57. The molecule has 0 aliphatic rings. The van der Waals surface area contributed by atoms with Crippen molar-refractivity contribution < 1.29 is 24.2 Å². The predicted molar refractivity (Wildman–Crippen MR) is 74.8 cm³/mol. The molecule has 114 valence electrons. The minimum atomic E-state index is -0.719. The topological polar surface area (TPSA) is 105 Å². The zero-order valence-corrected chi connectivity index (χ0v) is 11.9. The SMILES string of the molecule is CC(C)CNC(=O)NC(=O)COC(=O)c1ccc(O)cc1. The van der Waals surface area contributed by atoms with Gasteiger partial charge < -0.3 is 15.2 Å². The molecule has 0 fully saturated rings. The van der Waals surface area contributed by atoms with Gasteiger partial charge in [-0.05, 0) is 30.2 Å². The summed E-state index contributed by atoms with van der Waals surface area (Å²) in [5, 5.41) is 13.6. The number of nitrogens with one attached hydrogen (secondary N) is 2. The molecule has 1 aromatic rings. The van der Waals surface area contributed by atoms with Crippen LogP contribution in [0.1, 0.15) is 24.2 Å². The number of ether oxygens (including phenoxy) is 1. The van der Waals surface area contributed by atoms with Crippen molar-refractivity contribution in [1.29, 1.82) is 0 Å². The van der Waals surface area contributed by atoms with E-state index in [0.717, 1.165) is 0 Å². The molecule has 0 aliphatic heterocycles. The molecular formula is C14H18N2O5. The molecule has 0 saturated carbocycles. The Labute approximate surface area is 122 Å². The van der Waals surface area contributed by atoms with Crippen molar-refractivity contribution in [2.24, 2.45) is 5.92 Å². The van der Waals surface area contributed by atoms with Crippen molar-refractivity contribution in [1.82, 2.24) is 10.6 Å². The van der Waals surface area contributed by atoms with E-state index in [1.165, 1.54) is 24.3 Å². The molecule has 0 saturated heterocycles.